The van der Waals surface area contributed by atoms with E-state index in [4.69, 9.17) is 0 Å². The number of hydrogen-bond acceptors (Lipinski definition) is 0. The van der Waals surface area contributed by atoms with E-state index in [-0.39, 0.29) is 0 Å². The maximum absolute atomic E-state index is 2.50. The van der Waals surface area contributed by atoms with Gasteiger partial charge in [-0.25, -0.2) is 0 Å². The Labute approximate surface area is 251 Å². The summed E-state index contributed by atoms with van der Waals surface area (Å²) in [7, 11) is 0. The summed E-state index contributed by atoms with van der Waals surface area (Å²) in [6.45, 7) is 0. The molecule has 1 aromatic heterocycles. The van der Waals surface area contributed by atoms with Gasteiger partial charge in [-0.05, 0) is 92.0 Å². The standard InChI is InChI=1S/C42H29N/c1-2-11-31-23-28(17-18-29(31)9-1)24-36-27-34(35-25-32-12-3-4-13-33(32)26-35)20-21-39(36)43-40-16-8-7-15-38(40)42-37-14-6-5-10-30(37)19-22-41(42)43/h1-23,25,27H,24,26H2. The zero-order valence-electron chi connectivity index (χ0n) is 23.8. The Bertz CT molecular complexity index is 2400. The van der Waals surface area contributed by atoms with Gasteiger partial charge in [0.1, 0.15) is 0 Å². The minimum atomic E-state index is 0.857. The van der Waals surface area contributed by atoms with Crippen LogP contribution < -0.4 is 0 Å². The molecule has 0 saturated heterocycles. The SMILES string of the molecule is C1=C(c2ccc(-n3c4ccccc4c4c5ccccc5ccc43)c(Cc3ccc4ccccc4c3)c2)Cc2ccccc21. The molecule has 1 aliphatic rings. The van der Waals surface area contributed by atoms with E-state index >= 15 is 0 Å². The lowest BCUT2D eigenvalue weighted by Gasteiger charge is -2.17. The lowest BCUT2D eigenvalue weighted by molar-refractivity contribution is 1.09. The van der Waals surface area contributed by atoms with Crippen LogP contribution in [-0.2, 0) is 12.8 Å². The van der Waals surface area contributed by atoms with Crippen molar-refractivity contribution >= 4 is 55.0 Å². The van der Waals surface area contributed by atoms with Gasteiger partial charge in [0.05, 0.1) is 11.0 Å². The molecule has 1 nitrogen and oxygen atoms in total. The van der Waals surface area contributed by atoms with Gasteiger partial charge in [-0.2, -0.15) is 0 Å². The van der Waals surface area contributed by atoms with Gasteiger partial charge in [0.2, 0.25) is 0 Å². The molecule has 202 valence electrons. The van der Waals surface area contributed by atoms with Gasteiger partial charge in [-0.15, -0.1) is 0 Å². The third-order valence-corrected chi connectivity index (χ3v) is 9.23. The summed E-state index contributed by atoms with van der Waals surface area (Å²) in [5, 5.41) is 7.76. The van der Waals surface area contributed by atoms with Crippen LogP contribution in [0.25, 0.3) is 60.7 Å². The lowest BCUT2D eigenvalue weighted by Crippen LogP contribution is -2.02. The summed E-state index contributed by atoms with van der Waals surface area (Å²) in [6, 6.07) is 53.7. The Morgan fingerprint density at radius 1 is 0.535 bits per heavy atom. The second-order valence-corrected chi connectivity index (χ2v) is 11.8. The maximum atomic E-state index is 2.50. The van der Waals surface area contributed by atoms with E-state index in [1.54, 1.807) is 0 Å². The van der Waals surface area contributed by atoms with Crippen molar-refractivity contribution in [2.24, 2.45) is 0 Å². The first-order chi connectivity index (χ1) is 21.3. The van der Waals surface area contributed by atoms with E-state index in [1.807, 2.05) is 0 Å². The van der Waals surface area contributed by atoms with Crippen LogP contribution in [0, 0.1) is 0 Å². The zero-order chi connectivity index (χ0) is 28.3. The smallest absolute Gasteiger partial charge is 0.0547 e. The molecule has 0 bridgehead atoms. The molecule has 0 atom stereocenters. The molecule has 0 saturated carbocycles. The van der Waals surface area contributed by atoms with Crippen molar-refractivity contribution in [1.29, 1.82) is 0 Å². The van der Waals surface area contributed by atoms with E-state index in [0.29, 0.717) is 0 Å². The fourth-order valence-corrected chi connectivity index (χ4v) is 7.18. The Kier molecular flexibility index (Phi) is 5.39. The Morgan fingerprint density at radius 3 is 2.19 bits per heavy atom. The zero-order valence-corrected chi connectivity index (χ0v) is 23.8. The fraction of sp³-hybridized carbons (Fsp3) is 0.0476. The van der Waals surface area contributed by atoms with Crippen LogP contribution in [0.5, 0.6) is 0 Å². The van der Waals surface area contributed by atoms with Gasteiger partial charge in [0.15, 0.2) is 0 Å². The van der Waals surface area contributed by atoms with Gasteiger partial charge in [0, 0.05) is 16.5 Å². The van der Waals surface area contributed by atoms with Crippen molar-refractivity contribution in [3.05, 3.63) is 173 Å². The first-order valence-corrected chi connectivity index (χ1v) is 15.1. The van der Waals surface area contributed by atoms with Crippen LogP contribution in [0.3, 0.4) is 0 Å². The monoisotopic (exact) mass is 547 g/mol. The van der Waals surface area contributed by atoms with E-state index in [2.05, 4.69) is 156 Å². The summed E-state index contributed by atoms with van der Waals surface area (Å²) >= 11 is 0. The molecule has 7 aromatic carbocycles. The highest BCUT2D eigenvalue weighted by Crippen LogP contribution is 2.39. The Balaban J connectivity index is 1.28. The van der Waals surface area contributed by atoms with E-state index in [0.717, 1.165) is 12.8 Å². The predicted molar refractivity (Wildman–Crippen MR) is 183 cm³/mol. The average Bonchev–Trinajstić information content (AvgIpc) is 3.65. The van der Waals surface area contributed by atoms with E-state index in [1.165, 1.54) is 82.4 Å². The number of rotatable bonds is 4. The van der Waals surface area contributed by atoms with Gasteiger partial charge in [-0.1, -0.05) is 127 Å². The largest absolute Gasteiger partial charge is 0.309 e. The third-order valence-electron chi connectivity index (χ3n) is 9.23. The Hall–Kier alpha value is -5.40. The number of fused-ring (bicyclic) bond motifs is 7. The molecule has 0 N–H and O–H groups in total. The van der Waals surface area contributed by atoms with Crippen molar-refractivity contribution in [2.75, 3.05) is 0 Å². The normalized spacial score (nSPS) is 12.8. The molecule has 43 heavy (non-hydrogen) atoms. The molecule has 0 amide bonds. The van der Waals surface area contributed by atoms with Gasteiger partial charge < -0.3 is 4.57 Å². The highest BCUT2D eigenvalue weighted by Gasteiger charge is 2.19. The van der Waals surface area contributed by atoms with Gasteiger partial charge in [-0.3, -0.25) is 0 Å². The first-order valence-electron chi connectivity index (χ1n) is 15.1. The number of allylic oxidation sites excluding steroid dienone is 1. The summed E-state index contributed by atoms with van der Waals surface area (Å²) in [4.78, 5) is 0. The highest BCUT2D eigenvalue weighted by atomic mass is 15.0. The lowest BCUT2D eigenvalue weighted by atomic mass is 9.95. The van der Waals surface area contributed by atoms with E-state index < -0.39 is 0 Å². The third kappa shape index (κ3) is 3.93. The minimum absolute atomic E-state index is 0.857. The van der Waals surface area contributed by atoms with Crippen molar-refractivity contribution in [2.45, 2.75) is 12.8 Å². The van der Waals surface area contributed by atoms with Crippen LogP contribution in [-0.4, -0.2) is 4.57 Å². The van der Waals surface area contributed by atoms with Crippen LogP contribution in [0.15, 0.2) is 146 Å². The molecular weight excluding hydrogens is 518 g/mol. The number of para-hydroxylation sites is 1. The summed E-state index contributed by atoms with van der Waals surface area (Å²) in [6.07, 6.45) is 4.21. The second kappa shape index (κ2) is 9.58. The van der Waals surface area contributed by atoms with Crippen molar-refractivity contribution in [1.82, 2.24) is 4.57 Å². The van der Waals surface area contributed by atoms with Gasteiger partial charge in [0.25, 0.3) is 0 Å². The van der Waals surface area contributed by atoms with E-state index in [9.17, 15) is 0 Å². The van der Waals surface area contributed by atoms with Crippen LogP contribution >= 0.6 is 0 Å². The second-order valence-electron chi connectivity index (χ2n) is 11.8. The molecule has 0 unspecified atom stereocenters. The predicted octanol–water partition coefficient (Wildman–Crippen LogP) is 10.8. The van der Waals surface area contributed by atoms with Crippen LogP contribution in [0.2, 0.25) is 0 Å². The molecule has 0 spiro atoms. The molecular formula is C42H29N. The molecule has 1 heteroatoms. The molecule has 9 rings (SSSR count). The first kappa shape index (κ1) is 24.2. The maximum Gasteiger partial charge on any atom is 0.0547 e. The number of benzene rings is 7. The molecule has 0 radical (unpaired) electrons. The fourth-order valence-electron chi connectivity index (χ4n) is 7.18. The Morgan fingerprint density at radius 2 is 1.28 bits per heavy atom. The van der Waals surface area contributed by atoms with Crippen LogP contribution in [0.4, 0.5) is 0 Å². The summed E-state index contributed by atoms with van der Waals surface area (Å²) < 4.78 is 2.50. The summed E-state index contributed by atoms with van der Waals surface area (Å²) in [5.41, 5.74) is 11.8. The highest BCUT2D eigenvalue weighted by molar-refractivity contribution is 6.21. The molecule has 1 aliphatic carbocycles. The number of aromatic nitrogens is 1. The minimum Gasteiger partial charge on any atom is -0.309 e. The molecule has 1 heterocycles. The van der Waals surface area contributed by atoms with Gasteiger partial charge >= 0.3 is 0 Å². The van der Waals surface area contributed by atoms with Crippen molar-refractivity contribution < 1.29 is 0 Å². The number of nitrogens with zero attached hydrogens (tertiary/aromatic N) is 1. The number of hydrogen-bond donors (Lipinski definition) is 0. The summed E-state index contributed by atoms with van der Waals surface area (Å²) in [5.74, 6) is 0. The average molecular weight is 548 g/mol. The quantitative estimate of drug-likeness (QED) is 0.206. The molecule has 0 aliphatic heterocycles. The molecule has 0 fully saturated rings. The molecule has 8 aromatic rings. The van der Waals surface area contributed by atoms with Crippen molar-refractivity contribution in [3.8, 4) is 5.69 Å². The topological polar surface area (TPSA) is 4.93 Å². The van der Waals surface area contributed by atoms with Crippen LogP contribution in [0.1, 0.15) is 27.8 Å². The van der Waals surface area contributed by atoms with Crippen molar-refractivity contribution in [3.63, 3.8) is 0 Å².